The van der Waals surface area contributed by atoms with Crippen LogP contribution >= 0.6 is 0 Å². The predicted molar refractivity (Wildman–Crippen MR) is 80.4 cm³/mol. The van der Waals surface area contributed by atoms with E-state index < -0.39 is 21.7 Å². The van der Waals surface area contributed by atoms with Crippen molar-refractivity contribution >= 4 is 27.7 Å². The number of amides is 2. The normalized spacial score (nSPS) is 11.6. The first-order valence-corrected chi connectivity index (χ1v) is 7.86. The lowest BCUT2D eigenvalue weighted by molar-refractivity contribution is -0.114. The highest BCUT2D eigenvalue weighted by atomic mass is 32.2. The lowest BCUT2D eigenvalue weighted by Gasteiger charge is -2.19. The highest BCUT2D eigenvalue weighted by Gasteiger charge is 2.19. The van der Waals surface area contributed by atoms with E-state index in [4.69, 9.17) is 4.74 Å². The molecule has 9 heteroatoms. The second kappa shape index (κ2) is 6.75. The lowest BCUT2D eigenvalue weighted by Crippen LogP contribution is -2.44. The summed E-state index contributed by atoms with van der Waals surface area (Å²) in [6, 6.07) is 5.46. The summed E-state index contributed by atoms with van der Waals surface area (Å²) in [6.45, 7) is 6.31. The molecule has 0 aliphatic heterocycles. The van der Waals surface area contributed by atoms with Gasteiger partial charge in [0.25, 0.3) is 10.0 Å². The van der Waals surface area contributed by atoms with Gasteiger partial charge in [0.1, 0.15) is 5.60 Å². The number of hydrogen-bond donors (Lipinski definition) is 3. The zero-order valence-corrected chi connectivity index (χ0v) is 13.6. The predicted octanol–water partition coefficient (Wildman–Crippen LogP) is 1.36. The SMILES string of the molecule is CC(=O)Nc1ccc(S(=O)(=O)NNC(=O)OC(C)(C)C)cc1. The molecule has 0 heterocycles. The van der Waals surface area contributed by atoms with Gasteiger partial charge in [0.15, 0.2) is 0 Å². The van der Waals surface area contributed by atoms with Gasteiger partial charge >= 0.3 is 6.09 Å². The number of hydrazine groups is 1. The fourth-order valence-electron chi connectivity index (χ4n) is 1.39. The molecule has 0 spiro atoms. The number of sulfonamides is 1. The maximum Gasteiger partial charge on any atom is 0.423 e. The Balaban J connectivity index is 2.70. The van der Waals surface area contributed by atoms with Gasteiger partial charge in [-0.15, -0.1) is 4.83 Å². The number of benzene rings is 1. The van der Waals surface area contributed by atoms with Crippen molar-refractivity contribution in [1.82, 2.24) is 10.3 Å². The van der Waals surface area contributed by atoms with Gasteiger partial charge in [-0.1, -0.05) is 0 Å². The number of rotatable bonds is 4. The van der Waals surface area contributed by atoms with Crippen LogP contribution in [0.3, 0.4) is 0 Å². The summed E-state index contributed by atoms with van der Waals surface area (Å²) in [5.74, 6) is -0.264. The second-order valence-corrected chi connectivity index (χ2v) is 7.12. The van der Waals surface area contributed by atoms with E-state index in [1.165, 1.54) is 31.2 Å². The van der Waals surface area contributed by atoms with Crippen LogP contribution in [0.15, 0.2) is 29.2 Å². The first-order chi connectivity index (χ1) is 9.99. The summed E-state index contributed by atoms with van der Waals surface area (Å²) >= 11 is 0. The molecule has 2 amide bonds. The lowest BCUT2D eigenvalue weighted by atomic mass is 10.2. The third-order valence-electron chi connectivity index (χ3n) is 2.17. The summed E-state index contributed by atoms with van der Waals surface area (Å²) in [7, 11) is -3.93. The molecule has 0 saturated carbocycles. The Morgan fingerprint density at radius 3 is 2.09 bits per heavy atom. The Labute approximate surface area is 129 Å². The molecule has 1 aromatic rings. The molecular formula is C13H19N3O5S. The third-order valence-corrected chi connectivity index (χ3v) is 3.43. The summed E-state index contributed by atoms with van der Waals surface area (Å²) in [5, 5.41) is 2.52. The summed E-state index contributed by atoms with van der Waals surface area (Å²) in [4.78, 5) is 24.1. The van der Waals surface area contributed by atoms with E-state index in [2.05, 4.69) is 5.32 Å². The fourth-order valence-corrected chi connectivity index (χ4v) is 2.22. The van der Waals surface area contributed by atoms with Gasteiger partial charge in [-0.05, 0) is 45.0 Å². The van der Waals surface area contributed by atoms with Crippen LogP contribution in [-0.4, -0.2) is 26.0 Å². The van der Waals surface area contributed by atoms with E-state index >= 15 is 0 Å². The highest BCUT2D eigenvalue weighted by Crippen LogP contribution is 2.13. The van der Waals surface area contributed by atoms with Crippen molar-refractivity contribution in [2.45, 2.75) is 38.2 Å². The minimum atomic E-state index is -3.93. The van der Waals surface area contributed by atoms with E-state index in [9.17, 15) is 18.0 Å². The van der Waals surface area contributed by atoms with Crippen LogP contribution in [0.25, 0.3) is 0 Å². The molecule has 8 nitrogen and oxygen atoms in total. The number of hydrogen-bond acceptors (Lipinski definition) is 5. The Morgan fingerprint density at radius 2 is 1.64 bits per heavy atom. The fraction of sp³-hybridized carbons (Fsp3) is 0.385. The minimum absolute atomic E-state index is 0.0716. The van der Waals surface area contributed by atoms with E-state index in [1.807, 2.05) is 10.3 Å². The van der Waals surface area contributed by atoms with Crippen molar-refractivity contribution in [3.05, 3.63) is 24.3 Å². The van der Waals surface area contributed by atoms with Crippen LogP contribution in [0.2, 0.25) is 0 Å². The largest absolute Gasteiger partial charge is 0.443 e. The molecule has 0 fully saturated rings. The Bertz CT molecular complexity index is 647. The van der Waals surface area contributed by atoms with Crippen molar-refractivity contribution in [2.75, 3.05) is 5.32 Å². The van der Waals surface area contributed by atoms with E-state index in [1.54, 1.807) is 20.8 Å². The molecule has 0 aromatic heterocycles. The van der Waals surface area contributed by atoms with Gasteiger partial charge in [0, 0.05) is 12.6 Å². The zero-order chi connectivity index (χ0) is 17.0. The van der Waals surface area contributed by atoms with E-state index in [0.717, 1.165) is 0 Å². The third kappa shape index (κ3) is 6.10. The van der Waals surface area contributed by atoms with Crippen LogP contribution < -0.4 is 15.6 Å². The van der Waals surface area contributed by atoms with Crippen LogP contribution in [0.5, 0.6) is 0 Å². The van der Waals surface area contributed by atoms with E-state index in [0.29, 0.717) is 5.69 Å². The van der Waals surface area contributed by atoms with Gasteiger partial charge in [-0.2, -0.15) is 0 Å². The van der Waals surface area contributed by atoms with Gasteiger partial charge in [-0.25, -0.2) is 18.6 Å². The van der Waals surface area contributed by atoms with Gasteiger partial charge in [-0.3, -0.25) is 4.79 Å². The second-order valence-electron chi connectivity index (χ2n) is 5.44. The number of ether oxygens (including phenoxy) is 1. The first-order valence-electron chi connectivity index (χ1n) is 6.38. The van der Waals surface area contributed by atoms with Gasteiger partial charge in [0.2, 0.25) is 5.91 Å². The molecule has 0 atom stereocenters. The Hall–Kier alpha value is -2.13. The van der Waals surface area contributed by atoms with E-state index in [-0.39, 0.29) is 10.8 Å². The van der Waals surface area contributed by atoms with Crippen molar-refractivity contribution in [1.29, 1.82) is 0 Å². The number of carbonyl (C=O) groups excluding carboxylic acids is 2. The number of anilines is 1. The highest BCUT2D eigenvalue weighted by molar-refractivity contribution is 7.89. The van der Waals surface area contributed by atoms with Crippen molar-refractivity contribution in [2.24, 2.45) is 0 Å². The molecule has 122 valence electrons. The number of nitrogens with one attached hydrogen (secondary N) is 3. The van der Waals surface area contributed by atoms with Crippen molar-refractivity contribution in [3.8, 4) is 0 Å². The molecule has 0 bridgehead atoms. The molecule has 22 heavy (non-hydrogen) atoms. The zero-order valence-electron chi connectivity index (χ0n) is 12.8. The van der Waals surface area contributed by atoms with Crippen LogP contribution in [0.1, 0.15) is 27.7 Å². The summed E-state index contributed by atoms with van der Waals surface area (Å²) < 4.78 is 28.8. The average Bonchev–Trinajstić information content (AvgIpc) is 2.34. The smallest absolute Gasteiger partial charge is 0.423 e. The monoisotopic (exact) mass is 329 g/mol. The molecule has 0 aliphatic carbocycles. The maximum atomic E-state index is 12.0. The average molecular weight is 329 g/mol. The first kappa shape index (κ1) is 17.9. The molecule has 0 radical (unpaired) electrons. The maximum absolute atomic E-state index is 12.0. The topological polar surface area (TPSA) is 114 Å². The van der Waals surface area contributed by atoms with Crippen LogP contribution in [-0.2, 0) is 19.6 Å². The summed E-state index contributed by atoms with van der Waals surface area (Å²) in [6.07, 6.45) is -0.911. The quantitative estimate of drug-likeness (QED) is 0.722. The standard InChI is InChI=1S/C13H19N3O5S/c1-9(17)14-10-5-7-11(8-6-10)22(19,20)16-15-12(18)21-13(2,3)4/h5-8,16H,1-4H3,(H,14,17)(H,15,18). The Morgan fingerprint density at radius 1 is 1.09 bits per heavy atom. The van der Waals surface area contributed by atoms with Gasteiger partial charge < -0.3 is 10.1 Å². The van der Waals surface area contributed by atoms with Gasteiger partial charge in [0.05, 0.1) is 4.90 Å². The molecule has 3 N–H and O–H groups in total. The Kier molecular flexibility index (Phi) is 5.50. The molecule has 0 aliphatic rings. The molecular weight excluding hydrogens is 310 g/mol. The molecule has 0 saturated heterocycles. The van der Waals surface area contributed by atoms with Crippen molar-refractivity contribution in [3.63, 3.8) is 0 Å². The summed E-state index contributed by atoms with van der Waals surface area (Å²) in [5.41, 5.74) is 1.68. The molecule has 1 aromatic carbocycles. The van der Waals surface area contributed by atoms with Crippen LogP contribution in [0, 0.1) is 0 Å². The minimum Gasteiger partial charge on any atom is -0.443 e. The van der Waals surface area contributed by atoms with Crippen molar-refractivity contribution < 1.29 is 22.7 Å². The number of carbonyl (C=O) groups is 2. The van der Waals surface area contributed by atoms with Crippen LogP contribution in [0.4, 0.5) is 10.5 Å². The molecule has 0 unspecified atom stereocenters. The molecule has 1 rings (SSSR count).